The summed E-state index contributed by atoms with van der Waals surface area (Å²) < 4.78 is 10.7. The van der Waals surface area contributed by atoms with Crippen LogP contribution in [0, 0.1) is 0 Å². The quantitative estimate of drug-likeness (QED) is 0.657. The van der Waals surface area contributed by atoms with E-state index in [0.29, 0.717) is 48.9 Å². The first-order valence-electron chi connectivity index (χ1n) is 9.80. The Kier molecular flexibility index (Phi) is 6.06. The van der Waals surface area contributed by atoms with Gasteiger partial charge in [0.05, 0.1) is 36.3 Å². The standard InChI is InChI=1S/C24H22N2O4/c27-23(21(17-19-9-6-14-30-19)18-7-2-1-3-8-18)25-22-11-5-4-10-20(22)24(28)26-12-15-29-16-13-26/h1-11,14,17H,12-13,15-16H2,(H,25,27)/b21-17+. The summed E-state index contributed by atoms with van der Waals surface area (Å²) >= 11 is 0. The summed E-state index contributed by atoms with van der Waals surface area (Å²) in [5, 5.41) is 2.91. The van der Waals surface area contributed by atoms with Crippen molar-refractivity contribution in [1.29, 1.82) is 0 Å². The number of amides is 2. The molecule has 0 unspecified atom stereocenters. The largest absolute Gasteiger partial charge is 0.465 e. The smallest absolute Gasteiger partial charge is 0.256 e. The highest BCUT2D eigenvalue weighted by atomic mass is 16.5. The maximum Gasteiger partial charge on any atom is 0.256 e. The number of para-hydroxylation sites is 1. The number of benzene rings is 2. The van der Waals surface area contributed by atoms with Crippen LogP contribution in [0.4, 0.5) is 5.69 Å². The summed E-state index contributed by atoms with van der Waals surface area (Å²) in [5.74, 6) is 0.131. The van der Waals surface area contributed by atoms with E-state index in [4.69, 9.17) is 9.15 Å². The predicted molar refractivity (Wildman–Crippen MR) is 115 cm³/mol. The minimum atomic E-state index is -0.320. The van der Waals surface area contributed by atoms with Crippen molar-refractivity contribution in [3.05, 3.63) is 89.9 Å². The first kappa shape index (κ1) is 19.7. The number of furan rings is 1. The second-order valence-electron chi connectivity index (χ2n) is 6.84. The number of hydrogen-bond donors (Lipinski definition) is 1. The summed E-state index contributed by atoms with van der Waals surface area (Å²) in [5.41, 5.74) is 2.13. The van der Waals surface area contributed by atoms with E-state index in [1.807, 2.05) is 30.3 Å². The fourth-order valence-electron chi connectivity index (χ4n) is 3.32. The second-order valence-corrected chi connectivity index (χ2v) is 6.84. The number of nitrogens with one attached hydrogen (secondary N) is 1. The molecule has 0 aliphatic carbocycles. The van der Waals surface area contributed by atoms with E-state index < -0.39 is 0 Å². The van der Waals surface area contributed by atoms with Crippen molar-refractivity contribution in [3.63, 3.8) is 0 Å². The summed E-state index contributed by atoms with van der Waals surface area (Å²) in [7, 11) is 0. The van der Waals surface area contributed by atoms with Crippen molar-refractivity contribution in [2.45, 2.75) is 0 Å². The zero-order valence-corrected chi connectivity index (χ0v) is 16.4. The van der Waals surface area contributed by atoms with Gasteiger partial charge in [-0.15, -0.1) is 0 Å². The molecule has 0 bridgehead atoms. The molecule has 6 nitrogen and oxygen atoms in total. The molecule has 30 heavy (non-hydrogen) atoms. The van der Waals surface area contributed by atoms with Crippen molar-refractivity contribution in [1.82, 2.24) is 4.90 Å². The molecular formula is C24H22N2O4. The van der Waals surface area contributed by atoms with Crippen LogP contribution in [0.2, 0.25) is 0 Å². The van der Waals surface area contributed by atoms with Crippen LogP contribution >= 0.6 is 0 Å². The van der Waals surface area contributed by atoms with E-state index in [9.17, 15) is 9.59 Å². The van der Waals surface area contributed by atoms with E-state index in [1.54, 1.807) is 53.6 Å². The van der Waals surface area contributed by atoms with Gasteiger partial charge in [-0.3, -0.25) is 9.59 Å². The number of rotatable bonds is 5. The average Bonchev–Trinajstić information content (AvgIpc) is 3.32. The third-order valence-electron chi connectivity index (χ3n) is 4.86. The van der Waals surface area contributed by atoms with Crippen LogP contribution in [0.1, 0.15) is 21.7 Å². The van der Waals surface area contributed by atoms with Crippen molar-refractivity contribution in [2.75, 3.05) is 31.6 Å². The number of nitrogens with zero attached hydrogens (tertiary/aromatic N) is 1. The molecular weight excluding hydrogens is 380 g/mol. The van der Waals surface area contributed by atoms with E-state index in [0.717, 1.165) is 5.56 Å². The number of carbonyl (C=O) groups excluding carboxylic acids is 2. The lowest BCUT2D eigenvalue weighted by molar-refractivity contribution is -0.111. The number of hydrogen-bond acceptors (Lipinski definition) is 4. The summed E-state index contributed by atoms with van der Waals surface area (Å²) in [4.78, 5) is 28.0. The molecule has 2 amide bonds. The SMILES string of the molecule is O=C(Nc1ccccc1C(=O)N1CCOCC1)/C(=C/c1ccco1)c1ccccc1. The number of morpholine rings is 1. The third kappa shape index (κ3) is 4.50. The molecule has 1 aromatic heterocycles. The molecule has 152 valence electrons. The fourth-order valence-corrected chi connectivity index (χ4v) is 3.32. The second kappa shape index (κ2) is 9.24. The Morgan fingerprint density at radius 2 is 1.63 bits per heavy atom. The Morgan fingerprint density at radius 3 is 2.37 bits per heavy atom. The van der Waals surface area contributed by atoms with Crippen molar-refractivity contribution in [3.8, 4) is 0 Å². The molecule has 2 aromatic carbocycles. The van der Waals surface area contributed by atoms with Gasteiger partial charge in [-0.2, -0.15) is 0 Å². The Labute approximate surface area is 174 Å². The van der Waals surface area contributed by atoms with E-state index in [2.05, 4.69) is 5.32 Å². The Bertz CT molecular complexity index is 1040. The molecule has 0 radical (unpaired) electrons. The van der Waals surface area contributed by atoms with Crippen molar-refractivity contribution < 1.29 is 18.7 Å². The minimum Gasteiger partial charge on any atom is -0.465 e. The Morgan fingerprint density at radius 1 is 0.900 bits per heavy atom. The van der Waals surface area contributed by atoms with Crippen LogP contribution in [0.3, 0.4) is 0 Å². The molecule has 1 aliphatic rings. The molecule has 2 heterocycles. The van der Waals surface area contributed by atoms with Gasteiger partial charge in [0.2, 0.25) is 0 Å². The highest BCUT2D eigenvalue weighted by Crippen LogP contribution is 2.23. The molecule has 0 spiro atoms. The van der Waals surface area contributed by atoms with Gasteiger partial charge in [0.15, 0.2) is 0 Å². The maximum atomic E-state index is 13.2. The summed E-state index contributed by atoms with van der Waals surface area (Å²) in [6.07, 6.45) is 3.25. The van der Waals surface area contributed by atoms with Gasteiger partial charge < -0.3 is 19.4 Å². The topological polar surface area (TPSA) is 71.8 Å². The molecule has 1 fully saturated rings. The zero-order valence-electron chi connectivity index (χ0n) is 16.4. The lowest BCUT2D eigenvalue weighted by atomic mass is 10.0. The Hall–Kier alpha value is -3.64. The normalized spacial score (nSPS) is 14.4. The van der Waals surface area contributed by atoms with Crippen LogP contribution in [-0.2, 0) is 9.53 Å². The third-order valence-corrected chi connectivity index (χ3v) is 4.86. The molecule has 3 aromatic rings. The lowest BCUT2D eigenvalue weighted by Crippen LogP contribution is -2.41. The zero-order chi connectivity index (χ0) is 20.8. The van der Waals surface area contributed by atoms with Crippen LogP contribution in [-0.4, -0.2) is 43.0 Å². The predicted octanol–water partition coefficient (Wildman–Crippen LogP) is 3.93. The van der Waals surface area contributed by atoms with Gasteiger partial charge >= 0.3 is 0 Å². The van der Waals surface area contributed by atoms with Gasteiger partial charge in [0, 0.05) is 13.1 Å². The van der Waals surface area contributed by atoms with E-state index >= 15 is 0 Å². The number of ether oxygens (including phenoxy) is 1. The van der Waals surface area contributed by atoms with Gasteiger partial charge in [-0.25, -0.2) is 0 Å². The highest BCUT2D eigenvalue weighted by Gasteiger charge is 2.22. The van der Waals surface area contributed by atoms with Gasteiger partial charge in [-0.05, 0) is 35.9 Å². The summed E-state index contributed by atoms with van der Waals surface area (Å²) in [6, 6.07) is 20.0. The monoisotopic (exact) mass is 402 g/mol. The van der Waals surface area contributed by atoms with Crippen LogP contribution < -0.4 is 5.32 Å². The maximum absolute atomic E-state index is 13.2. The lowest BCUT2D eigenvalue weighted by Gasteiger charge is -2.27. The minimum absolute atomic E-state index is 0.120. The van der Waals surface area contributed by atoms with Crippen LogP contribution in [0.5, 0.6) is 0 Å². The molecule has 1 saturated heterocycles. The van der Waals surface area contributed by atoms with Gasteiger partial charge in [-0.1, -0.05) is 42.5 Å². The number of anilines is 1. The Balaban J connectivity index is 1.63. The van der Waals surface area contributed by atoms with Gasteiger partial charge in [0.1, 0.15) is 5.76 Å². The molecule has 4 rings (SSSR count). The molecule has 1 N–H and O–H groups in total. The fraction of sp³-hybridized carbons (Fsp3) is 0.167. The highest BCUT2D eigenvalue weighted by molar-refractivity contribution is 6.29. The first-order valence-corrected chi connectivity index (χ1v) is 9.80. The van der Waals surface area contributed by atoms with Crippen molar-refractivity contribution in [2.24, 2.45) is 0 Å². The molecule has 0 saturated carbocycles. The average molecular weight is 402 g/mol. The molecule has 0 atom stereocenters. The van der Waals surface area contributed by atoms with E-state index in [-0.39, 0.29) is 11.8 Å². The van der Waals surface area contributed by atoms with Crippen molar-refractivity contribution >= 4 is 29.2 Å². The van der Waals surface area contributed by atoms with Crippen LogP contribution in [0.15, 0.2) is 77.4 Å². The molecule has 6 heteroatoms. The van der Waals surface area contributed by atoms with Crippen LogP contribution in [0.25, 0.3) is 11.6 Å². The summed E-state index contributed by atoms with van der Waals surface area (Å²) in [6.45, 7) is 2.11. The first-order chi connectivity index (χ1) is 14.7. The van der Waals surface area contributed by atoms with E-state index in [1.165, 1.54) is 0 Å². The van der Waals surface area contributed by atoms with Gasteiger partial charge in [0.25, 0.3) is 11.8 Å². The number of carbonyl (C=O) groups is 2. The molecule has 1 aliphatic heterocycles.